The minimum Gasteiger partial charge on any atom is -0.475 e. The number of carbonyl (C=O) groups is 4. The number of rotatable bonds is 9. The molecule has 0 radical (unpaired) electrons. The van der Waals surface area contributed by atoms with Crippen molar-refractivity contribution in [3.8, 4) is 0 Å². The smallest absolute Gasteiger partial charge is 0.475 e. The zero-order valence-electron chi connectivity index (χ0n) is 37.4. The van der Waals surface area contributed by atoms with Crippen molar-refractivity contribution < 1.29 is 42.2 Å². The number of para-hydroxylation sites is 1. The fourth-order valence-corrected chi connectivity index (χ4v) is 8.31. The molecular formula is C46H61F3N8O7. The number of carboxylic acids is 1. The molecule has 5 heterocycles. The molecule has 3 saturated heterocycles. The van der Waals surface area contributed by atoms with E-state index >= 15 is 0 Å². The molecule has 0 bridgehead atoms. The maximum atomic E-state index is 12.7. The monoisotopic (exact) mass is 894 g/mol. The molecule has 0 aliphatic carbocycles. The van der Waals surface area contributed by atoms with Crippen LogP contribution in [-0.4, -0.2) is 142 Å². The largest absolute Gasteiger partial charge is 0.490 e. The summed E-state index contributed by atoms with van der Waals surface area (Å²) < 4.78 is 38.8. The van der Waals surface area contributed by atoms with Crippen LogP contribution in [0.2, 0.25) is 0 Å². The molecule has 3 aliphatic heterocycles. The molecular weight excluding hydrogens is 834 g/mol. The van der Waals surface area contributed by atoms with Gasteiger partial charge in [0, 0.05) is 68.0 Å². The Labute approximate surface area is 371 Å². The van der Waals surface area contributed by atoms with Gasteiger partial charge in [-0.05, 0) is 115 Å². The van der Waals surface area contributed by atoms with E-state index in [-0.39, 0.29) is 42.7 Å². The summed E-state index contributed by atoms with van der Waals surface area (Å²) in [6, 6.07) is 14.4. The summed E-state index contributed by atoms with van der Waals surface area (Å²) in [7, 11) is 2.18. The molecule has 64 heavy (non-hydrogen) atoms. The van der Waals surface area contributed by atoms with Crippen LogP contribution < -0.4 is 10.9 Å². The van der Waals surface area contributed by atoms with Crippen molar-refractivity contribution in [3.05, 3.63) is 88.4 Å². The highest BCUT2D eigenvalue weighted by atomic mass is 19.4. The lowest BCUT2D eigenvalue weighted by Crippen LogP contribution is -2.55. The van der Waals surface area contributed by atoms with E-state index in [9.17, 15) is 32.3 Å². The summed E-state index contributed by atoms with van der Waals surface area (Å²) in [5.74, 6) is -2.88. The predicted octanol–water partition coefficient (Wildman–Crippen LogP) is 6.04. The number of nitrogens with zero attached hydrogens (tertiary/aromatic N) is 6. The molecule has 3 N–H and O–H groups in total. The number of aromatic amines is 1. The number of hydrogen-bond donors (Lipinski definition) is 3. The number of allylic oxidation sites excluding steroid dienone is 1. The number of aryl methyl sites for hydroxylation is 2. The molecule has 348 valence electrons. The van der Waals surface area contributed by atoms with E-state index in [2.05, 4.69) is 57.9 Å². The first-order valence-corrected chi connectivity index (χ1v) is 21.6. The molecule has 3 amide bonds. The van der Waals surface area contributed by atoms with Gasteiger partial charge in [-0.3, -0.25) is 19.3 Å². The number of esters is 1. The normalized spacial score (nSPS) is 16.9. The molecule has 0 saturated carbocycles. The van der Waals surface area contributed by atoms with Gasteiger partial charge in [-0.15, -0.1) is 6.58 Å². The van der Waals surface area contributed by atoms with Crippen LogP contribution in [0.4, 0.5) is 18.0 Å². The van der Waals surface area contributed by atoms with Crippen LogP contribution in [0.3, 0.4) is 0 Å². The number of alkyl halides is 3. The average molecular weight is 895 g/mol. The molecule has 0 unspecified atom stereocenters. The van der Waals surface area contributed by atoms with E-state index in [1.54, 1.807) is 15.7 Å². The molecule has 15 nitrogen and oxygen atoms in total. The number of aromatic nitrogens is 3. The fraction of sp³-hybridized carbons (Fsp3) is 0.522. The Morgan fingerprint density at radius 3 is 2.19 bits per heavy atom. The second kappa shape index (κ2) is 21.8. The van der Waals surface area contributed by atoms with Crippen molar-refractivity contribution >= 4 is 45.7 Å². The molecule has 18 heteroatoms. The fourth-order valence-electron chi connectivity index (χ4n) is 8.31. The number of likely N-dealkylation sites (tertiary alicyclic amines) is 2. The third kappa shape index (κ3) is 13.4. The van der Waals surface area contributed by atoms with Gasteiger partial charge in [-0.2, -0.15) is 18.3 Å². The Balaban J connectivity index is 0.000000232. The number of H-pyrrole nitrogens is 1. The summed E-state index contributed by atoms with van der Waals surface area (Å²) in [6.07, 6.45) is 3.02. The number of urea groups is 1. The van der Waals surface area contributed by atoms with Crippen LogP contribution in [0.25, 0.3) is 21.8 Å². The number of aliphatic carboxylic acids is 1. The Morgan fingerprint density at radius 1 is 0.922 bits per heavy atom. The summed E-state index contributed by atoms with van der Waals surface area (Å²) in [5, 5.41) is 16.5. The first-order chi connectivity index (χ1) is 30.2. The van der Waals surface area contributed by atoms with Gasteiger partial charge < -0.3 is 34.8 Å². The highest BCUT2D eigenvalue weighted by Gasteiger charge is 2.38. The number of halogens is 3. The number of nitrogens with one attached hydrogen (secondary N) is 2. The van der Waals surface area contributed by atoms with Crippen LogP contribution in [-0.2, 0) is 25.9 Å². The first-order valence-electron chi connectivity index (χ1n) is 21.6. The van der Waals surface area contributed by atoms with Crippen molar-refractivity contribution in [1.82, 2.24) is 39.7 Å². The van der Waals surface area contributed by atoms with E-state index in [0.29, 0.717) is 25.6 Å². The van der Waals surface area contributed by atoms with E-state index in [4.69, 9.17) is 14.6 Å². The zero-order chi connectivity index (χ0) is 46.8. The molecule has 2 aromatic carbocycles. The molecule has 4 aromatic rings. The quantitative estimate of drug-likeness (QED) is 0.133. The summed E-state index contributed by atoms with van der Waals surface area (Å²) >= 11 is 0. The third-order valence-corrected chi connectivity index (χ3v) is 12.0. The number of pyridine rings is 1. The highest BCUT2D eigenvalue weighted by molar-refractivity contribution is 5.84. The number of fused-ring (bicyclic) bond motifs is 2. The number of ether oxygens (including phenoxy) is 1. The standard InChI is InChI=1S/C27H38N6O3.C17H22N2O2.C2HF3O2/c1-30-10-8-22(9-11-30)31-14-16-32(17-15-31)25(34)19-28-27(36)33-12-6-20(7-13-33)23-18-21-4-2-3-5-24(21)29-26(23)35;1-6-7-17(4,5)16(20)21-11-19-10-14-9-12(2)8-13(3)15(14)18-19;3-2(4,5)1(6)7/h2-5,18,20,22H,6-17,19H2,1H3,(H,28,36)(H,29,35);6,8-10H,1,7,11H2,2-5H3;(H,6,7). The number of carbonyl (C=O) groups excluding carboxylic acids is 3. The van der Waals surface area contributed by atoms with Crippen molar-refractivity contribution in [2.75, 3.05) is 66.0 Å². The maximum Gasteiger partial charge on any atom is 0.490 e. The van der Waals surface area contributed by atoms with Crippen LogP contribution in [0.1, 0.15) is 68.6 Å². The molecule has 0 spiro atoms. The van der Waals surface area contributed by atoms with Gasteiger partial charge in [0.05, 0.1) is 17.5 Å². The molecule has 2 aromatic heterocycles. The SMILES string of the molecule is C=CCC(C)(C)C(=O)OCn1cc2cc(C)cc(C)c2n1.CN1CCC(N2CCN(C(=O)CNC(=O)N3CCC(c4cc5ccccc5[nH]c4=O)CC3)CC2)CC1.O=C(O)C(F)(F)F. The lowest BCUT2D eigenvalue weighted by Gasteiger charge is -2.42. The van der Waals surface area contributed by atoms with Gasteiger partial charge in [0.25, 0.3) is 5.56 Å². The van der Waals surface area contributed by atoms with Crippen molar-refractivity contribution in [2.45, 2.75) is 84.7 Å². The number of hydrogen-bond acceptors (Lipinski definition) is 9. The number of benzene rings is 2. The predicted molar refractivity (Wildman–Crippen MR) is 238 cm³/mol. The van der Waals surface area contributed by atoms with Crippen molar-refractivity contribution in [1.29, 1.82) is 0 Å². The van der Waals surface area contributed by atoms with Gasteiger partial charge in [-0.1, -0.05) is 35.9 Å². The van der Waals surface area contributed by atoms with E-state index in [1.807, 2.05) is 62.2 Å². The van der Waals surface area contributed by atoms with Gasteiger partial charge in [0.15, 0.2) is 6.73 Å². The Hall–Kier alpha value is -5.75. The van der Waals surface area contributed by atoms with E-state index in [1.165, 1.54) is 18.4 Å². The van der Waals surface area contributed by atoms with Crippen LogP contribution in [0.5, 0.6) is 0 Å². The minimum absolute atomic E-state index is 0.0102. The average Bonchev–Trinajstić information content (AvgIpc) is 3.68. The molecule has 0 atom stereocenters. The zero-order valence-corrected chi connectivity index (χ0v) is 37.4. The Bertz CT molecular complexity index is 2320. The number of piperazine rings is 1. The minimum atomic E-state index is -5.08. The van der Waals surface area contributed by atoms with E-state index in [0.717, 1.165) is 85.0 Å². The number of carboxylic acid groups (broad SMARTS) is 1. The van der Waals surface area contributed by atoms with Gasteiger partial charge in [-0.25, -0.2) is 14.3 Å². The highest BCUT2D eigenvalue weighted by Crippen LogP contribution is 2.28. The second-order valence-electron chi connectivity index (χ2n) is 17.4. The topological polar surface area (TPSA) is 173 Å². The Morgan fingerprint density at radius 2 is 1.56 bits per heavy atom. The van der Waals surface area contributed by atoms with Crippen LogP contribution in [0, 0.1) is 19.3 Å². The van der Waals surface area contributed by atoms with Crippen LogP contribution >= 0.6 is 0 Å². The Kier molecular flexibility index (Phi) is 16.7. The van der Waals surface area contributed by atoms with Crippen molar-refractivity contribution in [3.63, 3.8) is 0 Å². The second-order valence-corrected chi connectivity index (χ2v) is 17.4. The van der Waals surface area contributed by atoms with Crippen LogP contribution in [0.15, 0.2) is 66.1 Å². The molecule has 3 fully saturated rings. The summed E-state index contributed by atoms with van der Waals surface area (Å²) in [5.41, 5.74) is 4.31. The third-order valence-electron chi connectivity index (χ3n) is 12.0. The number of amides is 3. The first kappa shape index (κ1) is 49.3. The lowest BCUT2D eigenvalue weighted by molar-refractivity contribution is -0.192. The molecule has 3 aliphatic rings. The van der Waals surface area contributed by atoms with Crippen molar-refractivity contribution in [2.24, 2.45) is 5.41 Å². The number of piperidine rings is 2. The molecule has 7 rings (SSSR count). The summed E-state index contributed by atoms with van der Waals surface area (Å²) in [4.78, 5) is 70.5. The van der Waals surface area contributed by atoms with E-state index < -0.39 is 17.6 Å². The maximum absolute atomic E-state index is 12.7. The lowest BCUT2D eigenvalue weighted by atomic mass is 9.89. The van der Waals surface area contributed by atoms with Gasteiger partial charge in [0.1, 0.15) is 0 Å². The van der Waals surface area contributed by atoms with Gasteiger partial charge in [0.2, 0.25) is 5.91 Å². The summed E-state index contributed by atoms with van der Waals surface area (Å²) in [6.45, 7) is 18.4. The van der Waals surface area contributed by atoms with Gasteiger partial charge >= 0.3 is 24.1 Å².